The highest BCUT2D eigenvalue weighted by molar-refractivity contribution is 6.25. The topological polar surface area (TPSA) is 40.3 Å². The second-order valence-electron chi connectivity index (χ2n) is 14.2. The van der Waals surface area contributed by atoms with E-state index >= 15 is 0 Å². The van der Waals surface area contributed by atoms with Gasteiger partial charge in [0.25, 0.3) is 0 Å². The van der Waals surface area contributed by atoms with Gasteiger partial charge in [0.15, 0.2) is 11.7 Å². The zero-order chi connectivity index (χ0) is 38.6. The summed E-state index contributed by atoms with van der Waals surface area (Å²) in [6.45, 7) is 6.56. The van der Waals surface area contributed by atoms with E-state index < -0.39 is 0 Å². The first kappa shape index (κ1) is 35.5. The van der Waals surface area contributed by atoms with Crippen LogP contribution in [0.3, 0.4) is 0 Å². The average molecular weight is 735 g/mol. The van der Waals surface area contributed by atoms with Crippen LogP contribution in [0.1, 0.15) is 35.6 Å². The largest absolute Gasteiger partial charge is 0.310 e. The Balaban J connectivity index is 1.33. The molecule has 8 aromatic carbocycles. The zero-order valence-corrected chi connectivity index (χ0v) is 32.0. The quantitative estimate of drug-likeness (QED) is 0.0870. The average Bonchev–Trinajstić information content (AvgIpc) is 3.29. The number of benzene rings is 8. The maximum Gasteiger partial charge on any atom is 0.161 e. The highest BCUT2D eigenvalue weighted by atomic mass is 15.1. The van der Waals surface area contributed by atoms with Gasteiger partial charge in [0.1, 0.15) is 0 Å². The third-order valence-electron chi connectivity index (χ3n) is 10.8. The van der Waals surface area contributed by atoms with Crippen LogP contribution in [0, 0.1) is 0 Å². The van der Waals surface area contributed by atoms with Gasteiger partial charge in [-0.15, -0.1) is 0 Å². The van der Waals surface area contributed by atoms with Crippen LogP contribution >= 0.6 is 0 Å². The monoisotopic (exact) mass is 734 g/mol. The van der Waals surface area contributed by atoms with Gasteiger partial charge in [-0.1, -0.05) is 152 Å². The van der Waals surface area contributed by atoms with Crippen LogP contribution in [0.15, 0.2) is 197 Å². The standard InChI is InChI=1S/C53H42N4/c1-3-55-53(56-52(54-2)41-21-11-6-12-22-41)50-36-44(35-49-47-25-14-13-23-45(47)46-24-15-16-26-48(46)51(49)50)57(42-31-27-39(28-32-42)37-17-7-4-8-18-37)43-33-29-40(30-34-43)38-19-9-5-10-20-38/h4-12,14-22,24-36H,2-3,13,23H2,1H3/b55-53-,56-52-. The molecular formula is C53H42N4. The molecule has 0 unspecified atom stereocenters. The molecule has 0 atom stereocenters. The Labute approximate surface area is 334 Å². The first-order chi connectivity index (χ1) is 28.2. The lowest BCUT2D eigenvalue weighted by Crippen LogP contribution is -2.13. The van der Waals surface area contributed by atoms with E-state index in [1.165, 1.54) is 49.5 Å². The van der Waals surface area contributed by atoms with Gasteiger partial charge in [-0.3, -0.25) is 4.99 Å². The second-order valence-corrected chi connectivity index (χ2v) is 14.2. The number of anilines is 3. The lowest BCUT2D eigenvalue weighted by atomic mass is 9.84. The molecule has 0 heterocycles. The van der Waals surface area contributed by atoms with Crippen molar-refractivity contribution in [2.45, 2.75) is 19.8 Å². The number of amidine groups is 2. The summed E-state index contributed by atoms with van der Waals surface area (Å²) in [6.07, 6.45) is 6.62. The Morgan fingerprint density at radius 2 is 1.11 bits per heavy atom. The molecule has 0 aliphatic heterocycles. The highest BCUT2D eigenvalue weighted by Crippen LogP contribution is 2.44. The van der Waals surface area contributed by atoms with Crippen LogP contribution in [-0.2, 0) is 6.42 Å². The van der Waals surface area contributed by atoms with Gasteiger partial charge < -0.3 is 4.90 Å². The molecular weight excluding hydrogens is 693 g/mol. The van der Waals surface area contributed by atoms with Gasteiger partial charge in [0.2, 0.25) is 0 Å². The van der Waals surface area contributed by atoms with E-state index in [0.717, 1.165) is 46.4 Å². The van der Waals surface area contributed by atoms with E-state index in [1.807, 2.05) is 30.3 Å². The third kappa shape index (κ3) is 6.98. The summed E-state index contributed by atoms with van der Waals surface area (Å²) in [4.78, 5) is 17.1. The molecule has 4 nitrogen and oxygen atoms in total. The Kier molecular flexibility index (Phi) is 9.91. The number of nitrogens with zero attached hydrogens (tertiary/aromatic N) is 4. The summed E-state index contributed by atoms with van der Waals surface area (Å²) in [5, 5.41) is 4.77. The summed E-state index contributed by atoms with van der Waals surface area (Å²) in [6, 6.07) is 62.3. The van der Waals surface area contributed by atoms with Crippen molar-refractivity contribution in [3.05, 3.63) is 204 Å². The predicted molar refractivity (Wildman–Crippen MR) is 244 cm³/mol. The van der Waals surface area contributed by atoms with Crippen molar-refractivity contribution < 1.29 is 0 Å². The van der Waals surface area contributed by atoms with Crippen LogP contribution in [0.25, 0.3) is 49.9 Å². The first-order valence-corrected chi connectivity index (χ1v) is 19.6. The van der Waals surface area contributed by atoms with Gasteiger partial charge in [-0.05, 0) is 112 Å². The molecule has 0 N–H and O–H groups in total. The summed E-state index contributed by atoms with van der Waals surface area (Å²) in [5.41, 5.74) is 12.3. The van der Waals surface area contributed by atoms with Crippen molar-refractivity contribution in [3.63, 3.8) is 0 Å². The van der Waals surface area contributed by atoms with Gasteiger partial charge in [0, 0.05) is 40.1 Å². The molecule has 0 bridgehead atoms. The van der Waals surface area contributed by atoms with Crippen LogP contribution in [-0.4, -0.2) is 24.9 Å². The highest BCUT2D eigenvalue weighted by Gasteiger charge is 2.23. The first-order valence-electron chi connectivity index (χ1n) is 19.6. The van der Waals surface area contributed by atoms with E-state index in [4.69, 9.17) is 9.98 Å². The van der Waals surface area contributed by atoms with Crippen LogP contribution < -0.4 is 4.90 Å². The number of aliphatic imine (C=N–C) groups is 3. The van der Waals surface area contributed by atoms with Crippen LogP contribution in [0.4, 0.5) is 17.1 Å². The summed E-state index contributed by atoms with van der Waals surface area (Å²) < 4.78 is 0. The van der Waals surface area contributed by atoms with Gasteiger partial charge >= 0.3 is 0 Å². The Morgan fingerprint density at radius 3 is 1.68 bits per heavy atom. The number of allylic oxidation sites excluding steroid dienone is 1. The van der Waals surface area contributed by atoms with E-state index in [-0.39, 0.29) is 0 Å². The van der Waals surface area contributed by atoms with Gasteiger partial charge in [-0.2, -0.15) is 0 Å². The second kappa shape index (κ2) is 15.9. The smallest absolute Gasteiger partial charge is 0.161 e. The van der Waals surface area contributed by atoms with Crippen LogP contribution in [0.2, 0.25) is 0 Å². The van der Waals surface area contributed by atoms with Crippen molar-refractivity contribution in [1.29, 1.82) is 0 Å². The fourth-order valence-electron chi connectivity index (χ4n) is 8.12. The zero-order valence-electron chi connectivity index (χ0n) is 32.0. The number of hydrogen-bond acceptors (Lipinski definition) is 2. The van der Waals surface area contributed by atoms with E-state index in [0.29, 0.717) is 18.2 Å². The molecule has 0 saturated carbocycles. The normalized spacial score (nSPS) is 12.8. The lowest BCUT2D eigenvalue weighted by molar-refractivity contribution is 1.00. The minimum Gasteiger partial charge on any atom is -0.310 e. The Morgan fingerprint density at radius 1 is 0.561 bits per heavy atom. The van der Waals surface area contributed by atoms with Gasteiger partial charge in [-0.25, -0.2) is 9.98 Å². The van der Waals surface area contributed by atoms with Crippen molar-refractivity contribution in [1.82, 2.24) is 0 Å². The molecule has 0 fully saturated rings. The molecule has 1 aliphatic carbocycles. The number of fused-ring (bicyclic) bond motifs is 6. The molecule has 0 spiro atoms. The summed E-state index contributed by atoms with van der Waals surface area (Å²) in [7, 11) is 0. The van der Waals surface area contributed by atoms with Crippen molar-refractivity contribution >= 4 is 63.1 Å². The molecule has 1 aliphatic rings. The maximum atomic E-state index is 5.23. The van der Waals surface area contributed by atoms with E-state index in [9.17, 15) is 0 Å². The molecule has 9 rings (SSSR count). The van der Waals surface area contributed by atoms with E-state index in [2.05, 4.69) is 181 Å². The molecule has 4 heteroatoms. The van der Waals surface area contributed by atoms with Crippen molar-refractivity contribution in [3.8, 4) is 22.3 Å². The molecule has 8 aromatic rings. The van der Waals surface area contributed by atoms with Crippen molar-refractivity contribution in [2.24, 2.45) is 15.0 Å². The molecule has 274 valence electrons. The summed E-state index contributed by atoms with van der Waals surface area (Å²) >= 11 is 0. The predicted octanol–water partition coefficient (Wildman–Crippen LogP) is 13.7. The molecule has 0 radical (unpaired) electrons. The fraction of sp³-hybridized carbons (Fsp3) is 0.0755. The van der Waals surface area contributed by atoms with Crippen LogP contribution in [0.5, 0.6) is 0 Å². The van der Waals surface area contributed by atoms with E-state index in [1.54, 1.807) is 0 Å². The minimum atomic E-state index is 0.536. The van der Waals surface area contributed by atoms with Gasteiger partial charge in [0.05, 0.1) is 0 Å². The third-order valence-corrected chi connectivity index (χ3v) is 10.8. The molecule has 57 heavy (non-hydrogen) atoms. The molecule has 0 amide bonds. The fourth-order valence-corrected chi connectivity index (χ4v) is 8.12. The number of aryl methyl sites for hydroxylation is 1. The molecule has 0 saturated heterocycles. The molecule has 0 aromatic heterocycles. The number of hydrogen-bond donors (Lipinski definition) is 0. The number of rotatable bonds is 8. The SMILES string of the molecule is C=N/C(=N\C(=N/CC)c1cc(N(c2ccc(-c3ccccc3)cc2)c2ccc(-c3ccccc3)cc2)cc2c3c(c4ccccc4c12)CCC=C3)c1ccccc1. The van der Waals surface area contributed by atoms with Crippen molar-refractivity contribution in [2.75, 3.05) is 11.4 Å². The summed E-state index contributed by atoms with van der Waals surface area (Å²) in [5.74, 6) is 1.16. The lowest BCUT2D eigenvalue weighted by Gasteiger charge is -2.28. The minimum absolute atomic E-state index is 0.536. The maximum absolute atomic E-state index is 5.23. The Hall–Kier alpha value is -7.17. The Bertz CT molecular complexity index is 2720.